The molecule has 5 fully saturated rings. The number of nitrogens with one attached hydrogen (secondary N) is 3. The quantitative estimate of drug-likeness (QED) is 0.320. The lowest BCUT2D eigenvalue weighted by Gasteiger charge is -2.39. The Kier molecular flexibility index (Phi) is 14.4. The van der Waals surface area contributed by atoms with E-state index >= 15 is 0 Å². The van der Waals surface area contributed by atoms with Crippen molar-refractivity contribution in [2.24, 2.45) is 11.8 Å². The summed E-state index contributed by atoms with van der Waals surface area (Å²) in [6.45, 7) is 3.43. The van der Waals surface area contributed by atoms with Crippen molar-refractivity contribution in [1.29, 1.82) is 0 Å². The molecule has 4 heterocycles. The van der Waals surface area contributed by atoms with E-state index < -0.39 is 95.9 Å². The summed E-state index contributed by atoms with van der Waals surface area (Å²) in [6.07, 6.45) is 9.76. The number of carbonyl (C=O) groups excluding carboxylic acids is 7. The van der Waals surface area contributed by atoms with E-state index in [9.17, 15) is 42.3 Å². The summed E-state index contributed by atoms with van der Waals surface area (Å²) in [5.74, 6) is -5.51. The Hall–Kier alpha value is -4.63. The van der Waals surface area contributed by atoms with E-state index in [1.807, 2.05) is 6.92 Å². The Bertz CT molecular complexity index is 1700. The molecule has 5 aliphatic rings. The van der Waals surface area contributed by atoms with Crippen LogP contribution in [0.15, 0.2) is 18.2 Å². The van der Waals surface area contributed by atoms with E-state index in [1.165, 1.54) is 28.0 Å². The number of benzene rings is 1. The van der Waals surface area contributed by atoms with E-state index in [1.54, 1.807) is 0 Å². The summed E-state index contributed by atoms with van der Waals surface area (Å²) in [7, 11) is 0. The Morgan fingerprint density at radius 1 is 0.810 bits per heavy atom. The molecule has 58 heavy (non-hydrogen) atoms. The third-order valence-corrected chi connectivity index (χ3v) is 12.5. The molecular formula is C42H58F2N6O8. The molecule has 3 N–H and O–H groups in total. The van der Waals surface area contributed by atoms with Gasteiger partial charge in [-0.25, -0.2) is 13.6 Å². The van der Waals surface area contributed by atoms with Crippen molar-refractivity contribution >= 4 is 41.4 Å². The molecule has 0 aromatic heterocycles. The van der Waals surface area contributed by atoms with Crippen molar-refractivity contribution in [2.75, 3.05) is 26.2 Å². The third kappa shape index (κ3) is 10.5. The first-order valence-electron chi connectivity index (χ1n) is 21.2. The maximum absolute atomic E-state index is 14.5. The predicted molar refractivity (Wildman–Crippen MR) is 206 cm³/mol. The molecule has 1 aliphatic carbocycles. The number of fused-ring (bicyclic) bond motifs is 3. The van der Waals surface area contributed by atoms with E-state index in [-0.39, 0.29) is 50.4 Å². The molecule has 0 spiro atoms. The van der Waals surface area contributed by atoms with Crippen molar-refractivity contribution in [3.63, 3.8) is 0 Å². The zero-order valence-corrected chi connectivity index (χ0v) is 33.6. The van der Waals surface area contributed by atoms with Gasteiger partial charge in [-0.05, 0) is 87.8 Å². The van der Waals surface area contributed by atoms with Gasteiger partial charge in [0.2, 0.25) is 35.4 Å². The lowest BCUT2D eigenvalue weighted by molar-refractivity contribution is -0.158. The number of rotatable bonds is 9. The maximum atomic E-state index is 14.5. The average molecular weight is 813 g/mol. The first kappa shape index (κ1) is 43.0. The Morgan fingerprint density at radius 3 is 2.22 bits per heavy atom. The standard InChI is InChI=1S/C42H58F2N6O8/c1-25-18-35-42(57)58-24-32(47-37(52)31(21-28-19-29(43)22-30(44)20-28)46-36(51)15-8-12-27-10-4-3-5-11-27)40(55)49-17-9-14-34(49)41(56)48-16-7-6-13-33(48)38(53)45-26(2)39(54)50(35)23-25/h19-20,22,25-27,31-35H,3-18,21,23-24H2,1-2H3,(H,45,53)(H,46,51)(H,47,52)/t25-,26+,31+,32+,33+,34+,35+/m1/s1. The molecule has 1 aromatic rings. The van der Waals surface area contributed by atoms with Crippen LogP contribution in [0.2, 0.25) is 0 Å². The molecule has 0 bridgehead atoms. The smallest absolute Gasteiger partial charge is 0.328 e. The Morgan fingerprint density at radius 2 is 1.48 bits per heavy atom. The highest BCUT2D eigenvalue weighted by atomic mass is 19.1. The van der Waals surface area contributed by atoms with Gasteiger partial charge >= 0.3 is 5.97 Å². The van der Waals surface area contributed by atoms with Crippen molar-refractivity contribution in [1.82, 2.24) is 30.7 Å². The normalized spacial score (nSPS) is 28.3. The fourth-order valence-corrected chi connectivity index (χ4v) is 9.46. The molecule has 4 aliphatic heterocycles. The molecule has 0 radical (unpaired) electrons. The molecule has 14 nitrogen and oxygen atoms in total. The van der Waals surface area contributed by atoms with Crippen LogP contribution in [0.1, 0.15) is 109 Å². The number of esters is 1. The number of amides is 6. The van der Waals surface area contributed by atoms with Crippen LogP contribution in [0.3, 0.4) is 0 Å². The minimum atomic E-state index is -1.53. The van der Waals surface area contributed by atoms with Crippen molar-refractivity contribution in [2.45, 2.75) is 146 Å². The number of carbonyl (C=O) groups is 7. The Labute approximate surface area is 338 Å². The summed E-state index contributed by atoms with van der Waals surface area (Å²) in [5.41, 5.74) is 0.0931. The van der Waals surface area contributed by atoms with Crippen molar-refractivity contribution in [3.8, 4) is 0 Å². The van der Waals surface area contributed by atoms with Gasteiger partial charge in [0.05, 0.1) is 0 Å². The van der Waals surface area contributed by atoms with Gasteiger partial charge < -0.3 is 35.4 Å². The molecule has 16 heteroatoms. The summed E-state index contributed by atoms with van der Waals surface area (Å²) in [5, 5.41) is 8.13. The topological polar surface area (TPSA) is 175 Å². The van der Waals surface area contributed by atoms with Gasteiger partial charge in [0.15, 0.2) is 0 Å². The maximum Gasteiger partial charge on any atom is 0.328 e. The van der Waals surface area contributed by atoms with E-state index in [0.29, 0.717) is 50.5 Å². The van der Waals surface area contributed by atoms with Crippen LogP contribution in [0.4, 0.5) is 8.78 Å². The van der Waals surface area contributed by atoms with Gasteiger partial charge in [-0.15, -0.1) is 0 Å². The van der Waals surface area contributed by atoms with Crippen LogP contribution in [0.5, 0.6) is 0 Å². The average Bonchev–Trinajstić information content (AvgIpc) is 3.85. The van der Waals surface area contributed by atoms with Crippen LogP contribution in [0, 0.1) is 23.5 Å². The monoisotopic (exact) mass is 812 g/mol. The van der Waals surface area contributed by atoms with Crippen molar-refractivity contribution in [3.05, 3.63) is 35.4 Å². The fourth-order valence-electron chi connectivity index (χ4n) is 9.46. The number of cyclic esters (lactones) is 1. The highest BCUT2D eigenvalue weighted by Crippen LogP contribution is 2.29. The lowest BCUT2D eigenvalue weighted by Crippen LogP contribution is -2.62. The molecule has 0 unspecified atom stereocenters. The largest absolute Gasteiger partial charge is 0.461 e. The number of hydrogen-bond donors (Lipinski definition) is 3. The van der Waals surface area contributed by atoms with Gasteiger partial charge in [-0.2, -0.15) is 0 Å². The van der Waals surface area contributed by atoms with Gasteiger partial charge in [0.25, 0.3) is 0 Å². The first-order valence-corrected chi connectivity index (χ1v) is 21.2. The zero-order valence-electron chi connectivity index (χ0n) is 33.6. The number of halogens is 2. The number of ether oxygens (including phenoxy) is 1. The highest BCUT2D eigenvalue weighted by Gasteiger charge is 2.46. The fraction of sp³-hybridized carbons (Fsp3) is 0.690. The molecule has 6 amide bonds. The second-order valence-electron chi connectivity index (χ2n) is 17.0. The molecule has 1 aromatic carbocycles. The summed E-state index contributed by atoms with van der Waals surface area (Å²) in [4.78, 5) is 102. The van der Waals surface area contributed by atoms with Gasteiger partial charge in [-0.3, -0.25) is 28.8 Å². The molecule has 1 saturated carbocycles. The molecule has 6 rings (SSSR count). The minimum Gasteiger partial charge on any atom is -0.461 e. The molecule has 4 saturated heterocycles. The predicted octanol–water partition coefficient (Wildman–Crippen LogP) is 2.90. The number of nitrogens with zero attached hydrogens (tertiary/aromatic N) is 3. The summed E-state index contributed by atoms with van der Waals surface area (Å²) < 4.78 is 34.3. The Balaban J connectivity index is 1.27. The molecule has 318 valence electrons. The van der Waals surface area contributed by atoms with Gasteiger partial charge in [-0.1, -0.05) is 39.0 Å². The van der Waals surface area contributed by atoms with Crippen LogP contribution in [-0.2, 0) is 44.7 Å². The summed E-state index contributed by atoms with van der Waals surface area (Å²) in [6, 6.07) is -3.94. The highest BCUT2D eigenvalue weighted by molar-refractivity contribution is 5.97. The number of piperidine rings is 1. The molecular weight excluding hydrogens is 754 g/mol. The number of hydrogen-bond acceptors (Lipinski definition) is 8. The van der Waals surface area contributed by atoms with Crippen LogP contribution >= 0.6 is 0 Å². The van der Waals surface area contributed by atoms with Gasteiger partial charge in [0, 0.05) is 38.5 Å². The van der Waals surface area contributed by atoms with E-state index in [2.05, 4.69) is 16.0 Å². The van der Waals surface area contributed by atoms with Crippen molar-refractivity contribution < 1.29 is 47.1 Å². The minimum absolute atomic E-state index is 0.0832. The SMILES string of the molecule is C[C@@H]1C[C@H]2C(=O)OC[C@H](NC(=O)[C@H](Cc3cc(F)cc(F)c3)NC(=O)CCCC3CCCCC3)C(=O)N3CCC[C@H]3C(=O)N3CCCC[C@H]3C(=O)N[C@@H](C)C(=O)N2C1. The van der Waals surface area contributed by atoms with Crippen LogP contribution < -0.4 is 16.0 Å². The van der Waals surface area contributed by atoms with E-state index in [4.69, 9.17) is 4.74 Å². The zero-order chi connectivity index (χ0) is 41.5. The lowest BCUT2D eigenvalue weighted by atomic mass is 9.86. The second kappa shape index (κ2) is 19.4. The van der Waals surface area contributed by atoms with E-state index in [0.717, 1.165) is 44.2 Å². The van der Waals surface area contributed by atoms with Gasteiger partial charge in [0.1, 0.15) is 54.5 Å². The summed E-state index contributed by atoms with van der Waals surface area (Å²) >= 11 is 0. The first-order chi connectivity index (χ1) is 27.8. The third-order valence-electron chi connectivity index (χ3n) is 12.5. The van der Waals surface area contributed by atoms with Crippen LogP contribution in [0.25, 0.3) is 0 Å². The van der Waals surface area contributed by atoms with Crippen LogP contribution in [-0.4, -0.2) is 119 Å². The second-order valence-corrected chi connectivity index (χ2v) is 17.0. The molecule has 7 atom stereocenters.